The third-order valence-electron chi connectivity index (χ3n) is 8.01. The van der Waals surface area contributed by atoms with Gasteiger partial charge in [-0.15, -0.1) is 16.5 Å². The summed E-state index contributed by atoms with van der Waals surface area (Å²) in [5.74, 6) is -1.66. The molecule has 3 aromatic carbocycles. The van der Waals surface area contributed by atoms with Crippen LogP contribution in [0.5, 0.6) is 0 Å². The average Bonchev–Trinajstić information content (AvgIpc) is 3.09. The van der Waals surface area contributed by atoms with E-state index in [1.165, 1.54) is 11.8 Å². The molecule has 2 aliphatic heterocycles. The van der Waals surface area contributed by atoms with Crippen LogP contribution < -0.4 is 4.72 Å². The van der Waals surface area contributed by atoms with Gasteiger partial charge >= 0.3 is 17.9 Å². The molecule has 0 aromatic heterocycles. The van der Waals surface area contributed by atoms with E-state index in [4.69, 9.17) is 18.9 Å². The number of benzene rings is 3. The first-order chi connectivity index (χ1) is 23.0. The van der Waals surface area contributed by atoms with Crippen LogP contribution in [0.25, 0.3) is 0 Å². The molecule has 0 radical (unpaired) electrons. The number of carbonyl (C=O) groups excluding carboxylic acids is 3. The molecule has 3 aromatic rings. The van der Waals surface area contributed by atoms with Crippen LogP contribution in [0.4, 0.5) is 0 Å². The van der Waals surface area contributed by atoms with Gasteiger partial charge in [-0.25, -0.2) is 14.4 Å². The Bertz CT molecular complexity index is 1550. The van der Waals surface area contributed by atoms with Crippen LogP contribution in [-0.2, 0) is 30.3 Å². The normalized spacial score (nSPS) is 27.1. The Morgan fingerprint density at radius 3 is 1.71 bits per heavy atom. The molecular weight excluding hydrogens is 651 g/mol. The smallest absolute Gasteiger partial charge is 0.338 e. The van der Waals surface area contributed by atoms with E-state index in [1.807, 2.05) is 33.8 Å². The van der Waals surface area contributed by atoms with Crippen molar-refractivity contribution in [2.24, 2.45) is 5.92 Å². The summed E-state index contributed by atoms with van der Waals surface area (Å²) in [5, 5.41) is 0. The third-order valence-corrected chi connectivity index (χ3v) is 10.8. The predicted molar refractivity (Wildman–Crippen MR) is 186 cm³/mol. The second-order valence-electron chi connectivity index (χ2n) is 12.6. The molecule has 8 atom stereocenters. The largest absolute Gasteiger partial charge is 0.598 e. The minimum Gasteiger partial charge on any atom is -0.598 e. The molecule has 0 aliphatic carbocycles. The monoisotopic (exact) mass is 691 g/mol. The molecule has 2 aliphatic rings. The van der Waals surface area contributed by atoms with Crippen molar-refractivity contribution in [1.82, 2.24) is 4.72 Å². The van der Waals surface area contributed by atoms with Gasteiger partial charge in [0.15, 0.2) is 18.3 Å². The zero-order chi connectivity index (χ0) is 34.3. The van der Waals surface area contributed by atoms with E-state index in [-0.39, 0.29) is 17.0 Å². The Balaban J connectivity index is 1.63. The Kier molecular flexibility index (Phi) is 12.0. The Hall–Kier alpha value is -3.61. The van der Waals surface area contributed by atoms with Gasteiger partial charge in [-0.05, 0) is 75.3 Å². The Labute approximate surface area is 289 Å². The Morgan fingerprint density at radius 2 is 1.23 bits per heavy atom. The predicted octanol–water partition coefficient (Wildman–Crippen LogP) is 6.14. The maximum Gasteiger partial charge on any atom is 0.338 e. The summed E-state index contributed by atoms with van der Waals surface area (Å²) in [4.78, 5) is 41.1. The van der Waals surface area contributed by atoms with Crippen molar-refractivity contribution in [3.05, 3.63) is 120 Å². The number of carbonyl (C=O) groups is 3. The summed E-state index contributed by atoms with van der Waals surface area (Å²) < 4.78 is 41.6. The number of ether oxygens (including phenoxy) is 4. The van der Waals surface area contributed by atoms with E-state index in [0.29, 0.717) is 17.7 Å². The summed E-state index contributed by atoms with van der Waals surface area (Å²) in [6.07, 6.45) is 0.0418. The third kappa shape index (κ3) is 8.89. The molecule has 1 N–H and O–H groups in total. The fourth-order valence-corrected chi connectivity index (χ4v) is 7.47. The highest BCUT2D eigenvalue weighted by Gasteiger charge is 2.56. The van der Waals surface area contributed by atoms with E-state index in [0.717, 1.165) is 0 Å². The number of hydrogen-bond acceptors (Lipinski definition) is 10. The van der Waals surface area contributed by atoms with Crippen LogP contribution in [0.3, 0.4) is 0 Å². The summed E-state index contributed by atoms with van der Waals surface area (Å²) in [6.45, 7) is 7.53. The van der Waals surface area contributed by atoms with Gasteiger partial charge in [-0.3, -0.25) is 0 Å². The van der Waals surface area contributed by atoms with Crippen molar-refractivity contribution < 1.29 is 37.9 Å². The first-order valence-electron chi connectivity index (χ1n) is 15.9. The summed E-state index contributed by atoms with van der Waals surface area (Å²) in [6, 6.07) is 24.7. The minimum atomic E-state index is -1.55. The molecule has 2 heterocycles. The van der Waals surface area contributed by atoms with Crippen molar-refractivity contribution >= 4 is 41.0 Å². The molecule has 1 fully saturated rings. The highest BCUT2D eigenvalue weighted by Crippen LogP contribution is 2.39. The molecule has 5 rings (SSSR count). The maximum atomic E-state index is 13.7. The molecule has 254 valence electrons. The first kappa shape index (κ1) is 35.7. The van der Waals surface area contributed by atoms with Gasteiger partial charge in [-0.1, -0.05) is 73.7 Å². The zero-order valence-electron chi connectivity index (χ0n) is 27.4. The van der Waals surface area contributed by atoms with Crippen molar-refractivity contribution in [3.63, 3.8) is 0 Å². The molecule has 1 saturated heterocycles. The van der Waals surface area contributed by atoms with Crippen molar-refractivity contribution in [3.8, 4) is 0 Å². The van der Waals surface area contributed by atoms with Gasteiger partial charge in [0.1, 0.15) is 16.3 Å². The number of rotatable bonds is 8. The topological polar surface area (TPSA) is 123 Å². The molecule has 48 heavy (non-hydrogen) atoms. The molecule has 0 amide bonds. The number of esters is 3. The standard InChI is InChI=1S/C37H41NO8S2/c1-24-16-14-15-23-47-36-32(45-35(41)27-21-12-7-13-22-27)31(44-34(40)26-19-10-6-11-20-26)30(43-33(39)25-17-8-5-9-18-25)29(46-36)28(24)38-48(42)37(2,3)4/h5-14,16-22,24,28-32,36,38H,15,23H2,1-4H3/b16-14-/t24-,28-,29-,30+,31+,32-,36-,48?/m1/s1. The Morgan fingerprint density at radius 1 is 0.771 bits per heavy atom. The number of thioether (sulfide) groups is 1. The van der Waals surface area contributed by atoms with Crippen molar-refractivity contribution in [2.45, 2.75) is 74.8 Å². The van der Waals surface area contributed by atoms with E-state index in [2.05, 4.69) is 10.8 Å². The summed E-state index contributed by atoms with van der Waals surface area (Å²) >= 11 is -0.145. The van der Waals surface area contributed by atoms with E-state index in [9.17, 15) is 18.9 Å². The van der Waals surface area contributed by atoms with Crippen molar-refractivity contribution in [2.75, 3.05) is 5.75 Å². The molecule has 11 heteroatoms. The van der Waals surface area contributed by atoms with Crippen LogP contribution in [0, 0.1) is 5.92 Å². The SMILES string of the molecule is C[C@@H]1/C=C\CCS[C@H]2O[C@H]([C@@H]1N[S+]([O-])C(C)(C)C)[C@H](OC(=O)c1ccccc1)[C@H](OC(=O)c1ccccc1)[C@H]2OC(=O)c1ccccc1. The fourth-order valence-electron chi connectivity index (χ4n) is 5.41. The lowest BCUT2D eigenvalue weighted by Gasteiger charge is -2.48. The maximum absolute atomic E-state index is 13.7. The van der Waals surface area contributed by atoms with Crippen LogP contribution in [0.2, 0.25) is 0 Å². The molecule has 0 spiro atoms. The number of fused-ring (bicyclic) bond motifs is 2. The number of allylic oxidation sites excluding steroid dienone is 1. The summed E-state index contributed by atoms with van der Waals surface area (Å²) in [7, 11) is 0. The van der Waals surface area contributed by atoms with Crippen LogP contribution in [0.15, 0.2) is 103 Å². The first-order valence-corrected chi connectivity index (χ1v) is 18.1. The molecule has 2 bridgehead atoms. The van der Waals surface area contributed by atoms with Gasteiger partial charge in [0, 0.05) is 11.4 Å². The van der Waals surface area contributed by atoms with E-state index in [1.54, 1.807) is 91.0 Å². The van der Waals surface area contributed by atoms with Gasteiger partial charge in [-0.2, -0.15) is 0 Å². The quantitative estimate of drug-likeness (QED) is 0.128. The van der Waals surface area contributed by atoms with Gasteiger partial charge in [0.25, 0.3) is 0 Å². The lowest BCUT2D eigenvalue weighted by molar-refractivity contribution is -0.207. The summed E-state index contributed by atoms with van der Waals surface area (Å²) in [5.41, 5.74) is 0.0172. The highest BCUT2D eigenvalue weighted by atomic mass is 32.2. The molecular formula is C37H41NO8S2. The van der Waals surface area contributed by atoms with Gasteiger partial charge < -0.3 is 23.5 Å². The average molecular weight is 692 g/mol. The van der Waals surface area contributed by atoms with E-state index >= 15 is 0 Å². The second-order valence-corrected chi connectivity index (χ2v) is 15.9. The van der Waals surface area contributed by atoms with Crippen LogP contribution in [0.1, 0.15) is 65.2 Å². The fraction of sp³-hybridized carbons (Fsp3) is 0.378. The number of nitrogens with one attached hydrogen (secondary N) is 1. The highest BCUT2D eigenvalue weighted by molar-refractivity contribution is 7.99. The van der Waals surface area contributed by atoms with Crippen molar-refractivity contribution in [1.29, 1.82) is 0 Å². The van der Waals surface area contributed by atoms with E-state index < -0.39 is 69.9 Å². The lowest BCUT2D eigenvalue weighted by atomic mass is 9.87. The molecule has 0 saturated carbocycles. The van der Waals surface area contributed by atoms with Crippen LogP contribution in [-0.4, -0.2) is 68.9 Å². The second kappa shape index (κ2) is 16.2. The van der Waals surface area contributed by atoms with Gasteiger partial charge in [0.2, 0.25) is 0 Å². The molecule has 9 nitrogen and oxygen atoms in total. The van der Waals surface area contributed by atoms with Crippen LogP contribution >= 0.6 is 11.8 Å². The lowest BCUT2D eigenvalue weighted by Crippen LogP contribution is -2.67. The number of hydrogen-bond donors (Lipinski definition) is 1. The molecule has 1 unspecified atom stereocenters. The minimum absolute atomic E-state index is 0.253. The van der Waals surface area contributed by atoms with Gasteiger partial charge in [0.05, 0.1) is 22.7 Å². The zero-order valence-corrected chi connectivity index (χ0v) is 29.0.